The van der Waals surface area contributed by atoms with Gasteiger partial charge in [0.15, 0.2) is 0 Å². The van der Waals surface area contributed by atoms with Crippen molar-refractivity contribution in [2.45, 2.75) is 6.92 Å². The monoisotopic (exact) mass is 203 g/mol. The maximum Gasteiger partial charge on any atom is 0.309 e. The molecule has 0 amide bonds. The van der Waals surface area contributed by atoms with Crippen LogP contribution in [0.15, 0.2) is 0 Å². The van der Waals surface area contributed by atoms with Crippen molar-refractivity contribution in [3.63, 3.8) is 0 Å². The molecule has 1 heterocycles. The molecule has 13 heavy (non-hydrogen) atoms. The van der Waals surface area contributed by atoms with Crippen LogP contribution in [0.5, 0.6) is 0 Å². The first-order valence-electron chi connectivity index (χ1n) is 4.62. The first kappa shape index (κ1) is 10.9. The number of ether oxygens (including phenoxy) is 1. The van der Waals surface area contributed by atoms with Crippen molar-refractivity contribution in [3.8, 4) is 0 Å². The summed E-state index contributed by atoms with van der Waals surface area (Å²) >= 11 is 1.98. The quantitative estimate of drug-likeness (QED) is 0.636. The molecule has 1 aliphatic rings. The predicted octanol–water partition coefficient (Wildman–Crippen LogP) is 0.844. The summed E-state index contributed by atoms with van der Waals surface area (Å²) in [6.45, 7) is 4.97. The molecule has 0 aromatic heterocycles. The van der Waals surface area contributed by atoms with Crippen molar-refractivity contribution in [2.24, 2.45) is 5.92 Å². The van der Waals surface area contributed by atoms with Crippen LogP contribution in [0.25, 0.3) is 0 Å². The minimum atomic E-state index is -0.0989. The number of methoxy groups -OCH3 is 1. The van der Waals surface area contributed by atoms with Crippen molar-refractivity contribution in [3.05, 3.63) is 0 Å². The molecule has 0 N–H and O–H groups in total. The molecular formula is C9H17NO2S. The lowest BCUT2D eigenvalue weighted by molar-refractivity contribution is -0.145. The predicted molar refractivity (Wildman–Crippen MR) is 54.9 cm³/mol. The first-order valence-corrected chi connectivity index (χ1v) is 5.77. The van der Waals surface area contributed by atoms with Crippen molar-refractivity contribution >= 4 is 17.7 Å². The lowest BCUT2D eigenvalue weighted by Gasteiger charge is -2.27. The maximum atomic E-state index is 11.1. The summed E-state index contributed by atoms with van der Waals surface area (Å²) in [5, 5.41) is 0. The van der Waals surface area contributed by atoms with Gasteiger partial charge < -0.3 is 9.64 Å². The van der Waals surface area contributed by atoms with Crippen molar-refractivity contribution in [1.29, 1.82) is 0 Å². The highest BCUT2D eigenvalue weighted by Crippen LogP contribution is 2.11. The molecule has 0 spiro atoms. The molecule has 0 aliphatic carbocycles. The van der Waals surface area contributed by atoms with E-state index in [1.54, 1.807) is 0 Å². The van der Waals surface area contributed by atoms with Crippen molar-refractivity contribution < 1.29 is 9.53 Å². The Morgan fingerprint density at radius 2 is 2.15 bits per heavy atom. The van der Waals surface area contributed by atoms with E-state index in [1.807, 2.05) is 18.7 Å². The fraction of sp³-hybridized carbons (Fsp3) is 0.889. The molecule has 0 aromatic carbocycles. The Morgan fingerprint density at radius 1 is 1.54 bits per heavy atom. The number of carbonyl (C=O) groups excluding carboxylic acids is 1. The van der Waals surface area contributed by atoms with E-state index in [1.165, 1.54) is 18.6 Å². The molecule has 1 atom stereocenters. The lowest BCUT2D eigenvalue weighted by Crippen LogP contribution is -2.38. The fourth-order valence-corrected chi connectivity index (χ4v) is 2.43. The number of hydrogen-bond acceptors (Lipinski definition) is 4. The Balaban J connectivity index is 2.25. The zero-order valence-corrected chi connectivity index (χ0v) is 9.10. The highest BCUT2D eigenvalue weighted by atomic mass is 32.2. The largest absolute Gasteiger partial charge is 0.469 e. The minimum Gasteiger partial charge on any atom is -0.469 e. The smallest absolute Gasteiger partial charge is 0.309 e. The van der Waals surface area contributed by atoms with E-state index in [2.05, 4.69) is 9.64 Å². The van der Waals surface area contributed by atoms with Crippen LogP contribution in [-0.2, 0) is 9.53 Å². The molecule has 1 aliphatic heterocycles. The van der Waals surface area contributed by atoms with E-state index < -0.39 is 0 Å². The third-order valence-electron chi connectivity index (χ3n) is 2.24. The summed E-state index contributed by atoms with van der Waals surface area (Å²) in [4.78, 5) is 13.5. The van der Waals surface area contributed by atoms with Gasteiger partial charge in [-0.2, -0.15) is 11.8 Å². The van der Waals surface area contributed by atoms with E-state index >= 15 is 0 Å². The number of carbonyl (C=O) groups is 1. The van der Waals surface area contributed by atoms with Gasteiger partial charge in [0.1, 0.15) is 0 Å². The summed E-state index contributed by atoms with van der Waals surface area (Å²) < 4.78 is 4.68. The van der Waals surface area contributed by atoms with Crippen LogP contribution in [-0.4, -0.2) is 49.1 Å². The molecule has 0 radical (unpaired) electrons. The van der Waals surface area contributed by atoms with Gasteiger partial charge in [0.25, 0.3) is 0 Å². The van der Waals surface area contributed by atoms with Gasteiger partial charge in [0, 0.05) is 31.1 Å². The third kappa shape index (κ3) is 3.56. The number of hydrogen-bond donors (Lipinski definition) is 0. The Morgan fingerprint density at radius 3 is 2.69 bits per heavy atom. The van der Waals surface area contributed by atoms with E-state index in [-0.39, 0.29) is 11.9 Å². The Kier molecular flexibility index (Phi) is 4.59. The van der Waals surface area contributed by atoms with Gasteiger partial charge in [-0.25, -0.2) is 0 Å². The zero-order valence-electron chi connectivity index (χ0n) is 8.28. The van der Waals surface area contributed by atoms with Gasteiger partial charge in [0.2, 0.25) is 0 Å². The highest BCUT2D eigenvalue weighted by Gasteiger charge is 2.18. The van der Waals surface area contributed by atoms with Crippen molar-refractivity contribution in [1.82, 2.24) is 4.90 Å². The van der Waals surface area contributed by atoms with Crippen LogP contribution >= 0.6 is 11.8 Å². The van der Waals surface area contributed by atoms with Gasteiger partial charge in [-0.15, -0.1) is 0 Å². The molecule has 0 bridgehead atoms. The average Bonchev–Trinajstić information content (AvgIpc) is 2.18. The molecule has 1 saturated heterocycles. The second-order valence-corrected chi connectivity index (χ2v) is 4.56. The maximum absolute atomic E-state index is 11.1. The van der Waals surface area contributed by atoms with Gasteiger partial charge in [-0.05, 0) is 0 Å². The number of nitrogens with zero attached hydrogens (tertiary/aromatic N) is 1. The molecule has 1 fully saturated rings. The molecule has 1 unspecified atom stereocenters. The Labute approximate surface area is 83.8 Å². The molecule has 1 rings (SSSR count). The Bertz CT molecular complexity index is 169. The summed E-state index contributed by atoms with van der Waals surface area (Å²) in [6, 6.07) is 0. The normalized spacial score (nSPS) is 21.1. The molecule has 76 valence electrons. The SMILES string of the molecule is COC(=O)C(C)CN1CCSCC1. The van der Waals surface area contributed by atoms with Crippen LogP contribution in [0, 0.1) is 5.92 Å². The van der Waals surface area contributed by atoms with Crippen LogP contribution in [0.4, 0.5) is 0 Å². The molecule has 0 aromatic rings. The average molecular weight is 203 g/mol. The number of rotatable bonds is 3. The topological polar surface area (TPSA) is 29.5 Å². The van der Waals surface area contributed by atoms with Gasteiger partial charge in [0.05, 0.1) is 13.0 Å². The minimum absolute atomic E-state index is 0.00750. The zero-order chi connectivity index (χ0) is 9.68. The summed E-state index contributed by atoms with van der Waals surface area (Å²) in [5.74, 6) is 2.29. The summed E-state index contributed by atoms with van der Waals surface area (Å²) in [5.41, 5.74) is 0. The van der Waals surface area contributed by atoms with Crippen molar-refractivity contribution in [2.75, 3.05) is 38.2 Å². The van der Waals surface area contributed by atoms with E-state index in [0.717, 1.165) is 19.6 Å². The Hall–Kier alpha value is -0.220. The summed E-state index contributed by atoms with van der Waals surface area (Å²) in [7, 11) is 1.45. The molecule has 0 saturated carbocycles. The first-order chi connectivity index (χ1) is 6.24. The number of esters is 1. The van der Waals surface area contributed by atoms with Crippen LogP contribution in [0.1, 0.15) is 6.92 Å². The van der Waals surface area contributed by atoms with Gasteiger partial charge in [-0.1, -0.05) is 6.92 Å². The van der Waals surface area contributed by atoms with E-state index in [0.29, 0.717) is 0 Å². The van der Waals surface area contributed by atoms with E-state index in [4.69, 9.17) is 0 Å². The molecule has 4 heteroatoms. The molecule has 3 nitrogen and oxygen atoms in total. The van der Waals surface area contributed by atoms with Crippen LogP contribution in [0.3, 0.4) is 0 Å². The number of thioether (sulfide) groups is 1. The van der Waals surface area contributed by atoms with Gasteiger partial charge >= 0.3 is 5.97 Å². The van der Waals surface area contributed by atoms with Crippen LogP contribution in [0.2, 0.25) is 0 Å². The van der Waals surface area contributed by atoms with E-state index in [9.17, 15) is 4.79 Å². The second-order valence-electron chi connectivity index (χ2n) is 3.34. The second kappa shape index (κ2) is 5.50. The third-order valence-corrected chi connectivity index (χ3v) is 3.18. The highest BCUT2D eigenvalue weighted by molar-refractivity contribution is 7.99. The summed E-state index contributed by atoms with van der Waals surface area (Å²) in [6.07, 6.45) is 0. The lowest BCUT2D eigenvalue weighted by atomic mass is 10.1. The standard InChI is InChI=1S/C9H17NO2S/c1-8(9(11)12-2)7-10-3-5-13-6-4-10/h8H,3-7H2,1-2H3. The fourth-order valence-electron chi connectivity index (χ4n) is 1.45. The van der Waals surface area contributed by atoms with Gasteiger partial charge in [-0.3, -0.25) is 4.79 Å². The molecular weight excluding hydrogens is 186 g/mol. The van der Waals surface area contributed by atoms with Crippen LogP contribution < -0.4 is 0 Å².